The molecule has 1 fully saturated rings. The molecule has 1 amide bonds. The molecule has 1 aromatic rings. The van der Waals surface area contributed by atoms with E-state index < -0.39 is 0 Å². The normalized spacial score (nSPS) is 18.9. The summed E-state index contributed by atoms with van der Waals surface area (Å²) in [6.45, 7) is 2.14. The maximum atomic E-state index is 11.9. The molecule has 7 nitrogen and oxygen atoms in total. The van der Waals surface area contributed by atoms with Crippen LogP contribution in [0.4, 0.5) is 0 Å². The minimum atomic E-state index is -0.312. The fourth-order valence-electron chi connectivity index (χ4n) is 2.78. The van der Waals surface area contributed by atoms with E-state index in [4.69, 9.17) is 15.0 Å². The first-order valence-electron chi connectivity index (χ1n) is 7.99. The lowest BCUT2D eigenvalue weighted by atomic mass is 9.89. The average molecular weight is 310 g/mol. The monoisotopic (exact) mass is 310 g/mol. The number of amides is 1. The molecule has 1 aromatic heterocycles. The maximum absolute atomic E-state index is 11.9. The third-order valence-electron chi connectivity index (χ3n) is 4.18. The quantitative estimate of drug-likeness (QED) is 0.794. The van der Waals surface area contributed by atoms with Gasteiger partial charge in [-0.25, -0.2) is 0 Å². The van der Waals surface area contributed by atoms with Crippen molar-refractivity contribution in [3.05, 3.63) is 11.7 Å². The van der Waals surface area contributed by atoms with Crippen molar-refractivity contribution < 1.29 is 14.1 Å². The number of carbonyl (C=O) groups is 1. The van der Waals surface area contributed by atoms with Crippen LogP contribution < -0.4 is 11.1 Å². The molecular weight excluding hydrogens is 284 g/mol. The van der Waals surface area contributed by atoms with Gasteiger partial charge in [-0.05, 0) is 19.8 Å². The summed E-state index contributed by atoms with van der Waals surface area (Å²) in [6, 6.07) is -0.312. The number of carbonyl (C=O) groups excluding carboxylic acids is 1. The number of nitrogens with two attached hydrogens (primary N) is 1. The Morgan fingerprint density at radius 2 is 2.18 bits per heavy atom. The van der Waals surface area contributed by atoms with Gasteiger partial charge in [-0.15, -0.1) is 0 Å². The van der Waals surface area contributed by atoms with Gasteiger partial charge in [0.15, 0.2) is 5.82 Å². The fraction of sp³-hybridized carbons (Fsp3) is 0.800. The Hall–Kier alpha value is -1.47. The lowest BCUT2D eigenvalue weighted by Gasteiger charge is -2.17. The van der Waals surface area contributed by atoms with Crippen molar-refractivity contribution in [1.82, 2.24) is 15.5 Å². The highest BCUT2D eigenvalue weighted by molar-refractivity contribution is 5.76. The molecule has 7 heteroatoms. The van der Waals surface area contributed by atoms with Crippen LogP contribution in [0.2, 0.25) is 0 Å². The van der Waals surface area contributed by atoms with Gasteiger partial charge in [-0.1, -0.05) is 24.4 Å². The Kier molecular flexibility index (Phi) is 6.33. The minimum Gasteiger partial charge on any atom is -0.380 e. The molecule has 1 heterocycles. The molecule has 2 unspecified atom stereocenters. The van der Waals surface area contributed by atoms with Crippen LogP contribution in [-0.4, -0.2) is 35.8 Å². The first kappa shape index (κ1) is 16.9. The largest absolute Gasteiger partial charge is 0.380 e. The first-order valence-corrected chi connectivity index (χ1v) is 7.99. The number of rotatable bonds is 7. The minimum absolute atomic E-state index is 0.137. The molecule has 3 N–H and O–H groups in total. The van der Waals surface area contributed by atoms with Gasteiger partial charge in [-0.2, -0.15) is 4.98 Å². The third-order valence-corrected chi connectivity index (χ3v) is 4.18. The van der Waals surface area contributed by atoms with Gasteiger partial charge in [0, 0.05) is 19.6 Å². The maximum Gasteiger partial charge on any atom is 0.248 e. The standard InChI is InChI=1S/C15H26N4O3/c1-10(17-13(20)8-12(9-16)21-2)15-18-14(19-22-15)11-6-4-3-5-7-11/h10-12H,3-9,16H2,1-2H3,(H,17,20). The first-order chi connectivity index (χ1) is 10.6. The lowest BCUT2D eigenvalue weighted by molar-refractivity contribution is -0.124. The van der Waals surface area contributed by atoms with E-state index in [1.165, 1.54) is 19.3 Å². The molecule has 1 saturated carbocycles. The van der Waals surface area contributed by atoms with E-state index in [0.717, 1.165) is 18.7 Å². The number of ether oxygens (including phenoxy) is 1. The summed E-state index contributed by atoms with van der Waals surface area (Å²) in [5.74, 6) is 1.48. The van der Waals surface area contributed by atoms with Crippen molar-refractivity contribution in [3.8, 4) is 0 Å². The van der Waals surface area contributed by atoms with Crippen LogP contribution in [0.25, 0.3) is 0 Å². The van der Waals surface area contributed by atoms with Gasteiger partial charge in [0.05, 0.1) is 12.5 Å². The second kappa shape index (κ2) is 8.24. The molecule has 124 valence electrons. The van der Waals surface area contributed by atoms with Crippen molar-refractivity contribution in [2.45, 2.75) is 63.5 Å². The predicted molar refractivity (Wildman–Crippen MR) is 81.2 cm³/mol. The second-order valence-corrected chi connectivity index (χ2v) is 5.91. The third kappa shape index (κ3) is 4.51. The molecule has 0 bridgehead atoms. The van der Waals surface area contributed by atoms with Crippen molar-refractivity contribution in [2.75, 3.05) is 13.7 Å². The van der Waals surface area contributed by atoms with Crippen molar-refractivity contribution in [2.24, 2.45) is 5.73 Å². The molecule has 1 aliphatic carbocycles. The number of hydrogen-bond acceptors (Lipinski definition) is 6. The van der Waals surface area contributed by atoms with E-state index in [9.17, 15) is 4.79 Å². The Bertz CT molecular complexity index is 467. The molecule has 0 aromatic carbocycles. The second-order valence-electron chi connectivity index (χ2n) is 5.91. The molecule has 0 aliphatic heterocycles. The number of aromatic nitrogens is 2. The fourth-order valence-corrected chi connectivity index (χ4v) is 2.78. The smallest absolute Gasteiger partial charge is 0.248 e. The number of methoxy groups -OCH3 is 1. The summed E-state index contributed by atoms with van der Waals surface area (Å²) in [5.41, 5.74) is 5.51. The van der Waals surface area contributed by atoms with Crippen LogP contribution in [-0.2, 0) is 9.53 Å². The zero-order valence-corrected chi connectivity index (χ0v) is 13.4. The van der Waals surface area contributed by atoms with Gasteiger partial charge < -0.3 is 20.3 Å². The molecule has 0 spiro atoms. The highest BCUT2D eigenvalue weighted by atomic mass is 16.5. The highest BCUT2D eigenvalue weighted by Gasteiger charge is 2.23. The molecule has 1 aliphatic rings. The van der Waals surface area contributed by atoms with Crippen LogP contribution in [0, 0.1) is 0 Å². The zero-order valence-electron chi connectivity index (χ0n) is 13.4. The van der Waals surface area contributed by atoms with Crippen molar-refractivity contribution in [1.29, 1.82) is 0 Å². The summed E-state index contributed by atoms with van der Waals surface area (Å²) < 4.78 is 10.4. The summed E-state index contributed by atoms with van der Waals surface area (Å²) in [7, 11) is 1.54. The van der Waals surface area contributed by atoms with Crippen LogP contribution in [0.3, 0.4) is 0 Å². The molecule has 2 atom stereocenters. The van der Waals surface area contributed by atoms with Crippen LogP contribution >= 0.6 is 0 Å². The average Bonchev–Trinajstić information content (AvgIpc) is 3.03. The zero-order chi connectivity index (χ0) is 15.9. The van der Waals surface area contributed by atoms with Gasteiger partial charge >= 0.3 is 0 Å². The number of hydrogen-bond donors (Lipinski definition) is 2. The summed E-state index contributed by atoms with van der Waals surface area (Å²) in [5, 5.41) is 6.92. The molecular formula is C15H26N4O3. The molecule has 0 radical (unpaired) electrons. The molecule has 0 saturated heterocycles. The van der Waals surface area contributed by atoms with Crippen LogP contribution in [0.15, 0.2) is 4.52 Å². The van der Waals surface area contributed by atoms with Crippen LogP contribution in [0.1, 0.15) is 69.1 Å². The van der Waals surface area contributed by atoms with Crippen LogP contribution in [0.5, 0.6) is 0 Å². The Morgan fingerprint density at radius 1 is 1.45 bits per heavy atom. The van der Waals surface area contributed by atoms with E-state index in [0.29, 0.717) is 18.4 Å². The summed E-state index contributed by atoms with van der Waals surface area (Å²) >= 11 is 0. The van der Waals surface area contributed by atoms with Gasteiger partial charge in [0.25, 0.3) is 0 Å². The highest BCUT2D eigenvalue weighted by Crippen LogP contribution is 2.31. The van der Waals surface area contributed by atoms with E-state index in [1.807, 2.05) is 6.92 Å². The van der Waals surface area contributed by atoms with Crippen molar-refractivity contribution in [3.63, 3.8) is 0 Å². The van der Waals surface area contributed by atoms with Gasteiger partial charge in [-0.3, -0.25) is 4.79 Å². The number of nitrogens with one attached hydrogen (secondary N) is 1. The van der Waals surface area contributed by atoms with Gasteiger partial charge in [0.2, 0.25) is 11.8 Å². The van der Waals surface area contributed by atoms with Crippen molar-refractivity contribution >= 4 is 5.91 Å². The lowest BCUT2D eigenvalue weighted by Crippen LogP contribution is -2.33. The van der Waals surface area contributed by atoms with E-state index >= 15 is 0 Å². The Labute approximate surface area is 131 Å². The van der Waals surface area contributed by atoms with Gasteiger partial charge in [0.1, 0.15) is 6.04 Å². The Balaban J connectivity index is 1.88. The van der Waals surface area contributed by atoms with E-state index in [1.54, 1.807) is 7.11 Å². The summed E-state index contributed by atoms with van der Waals surface area (Å²) in [4.78, 5) is 16.4. The molecule has 2 rings (SSSR count). The predicted octanol–water partition coefficient (Wildman–Crippen LogP) is 1.66. The molecule has 22 heavy (non-hydrogen) atoms. The topological polar surface area (TPSA) is 103 Å². The van der Waals surface area contributed by atoms with E-state index in [2.05, 4.69) is 15.5 Å². The van der Waals surface area contributed by atoms with E-state index in [-0.39, 0.29) is 24.5 Å². The number of nitrogens with zero attached hydrogens (tertiary/aromatic N) is 2. The summed E-state index contributed by atoms with van der Waals surface area (Å²) in [6.07, 6.45) is 5.91. The SMILES string of the molecule is COC(CN)CC(=O)NC(C)c1nc(C2CCCCC2)no1. The Morgan fingerprint density at radius 3 is 2.82 bits per heavy atom.